The number of aromatic nitrogens is 3. The van der Waals surface area contributed by atoms with E-state index in [2.05, 4.69) is 300 Å². The Morgan fingerprint density at radius 2 is 0.523 bits per heavy atom. The Labute approximate surface area is 660 Å². The van der Waals surface area contributed by atoms with E-state index in [1.54, 1.807) is 11.1 Å². The Morgan fingerprint density at radius 3 is 0.853 bits per heavy atom. The number of aryl methyl sites for hydroxylation is 17. The van der Waals surface area contributed by atoms with E-state index in [1.807, 2.05) is 0 Å². The van der Waals surface area contributed by atoms with Gasteiger partial charge in [0.05, 0.1) is 5.41 Å². The number of fused-ring (bicyclic) bond motifs is 3. The summed E-state index contributed by atoms with van der Waals surface area (Å²) in [4.78, 5) is 14.8. The normalized spacial score (nSPS) is 12.0. The molecule has 0 aliphatic heterocycles. The van der Waals surface area contributed by atoms with Crippen molar-refractivity contribution in [3.8, 4) is 67.5 Å². The second kappa shape index (κ2) is 40.2. The maximum atomic E-state index is 4.93. The van der Waals surface area contributed by atoms with Crippen LogP contribution in [0, 0.1) is 83.1 Å². The first-order chi connectivity index (χ1) is 52.8. The van der Waals surface area contributed by atoms with Crippen LogP contribution in [0.1, 0.15) is 280 Å². The van der Waals surface area contributed by atoms with Crippen LogP contribution in [-0.4, -0.2) is 15.0 Å². The molecule has 0 atom stereocenters. The molecule has 10 aromatic carbocycles. The molecule has 0 unspecified atom stereocenters. The Kier molecular flexibility index (Phi) is 30.5. The van der Waals surface area contributed by atoms with Gasteiger partial charge in [-0.2, -0.15) is 0 Å². The topological polar surface area (TPSA) is 38.7 Å². The van der Waals surface area contributed by atoms with E-state index in [1.165, 1.54) is 280 Å². The third-order valence-electron chi connectivity index (χ3n) is 23.3. The van der Waals surface area contributed by atoms with Crippen LogP contribution < -0.4 is 0 Å². The number of rotatable bonds is 32. The van der Waals surface area contributed by atoms with Gasteiger partial charge in [-0.3, -0.25) is 0 Å². The van der Waals surface area contributed by atoms with Crippen molar-refractivity contribution in [1.29, 1.82) is 0 Å². The molecular weight excluding hydrogens is 1320 g/mol. The highest BCUT2D eigenvalue weighted by Crippen LogP contribution is 2.58. The molecule has 0 amide bonds. The quantitative estimate of drug-likeness (QED) is 0.0395. The third kappa shape index (κ3) is 21.0. The van der Waals surface area contributed by atoms with E-state index in [-0.39, 0.29) is 0 Å². The Balaban J connectivity index is 0.000000198. The first kappa shape index (κ1) is 82.7. The lowest BCUT2D eigenvalue weighted by molar-refractivity contribution is 0.661. The minimum Gasteiger partial charge on any atom is -0.208 e. The molecule has 1 aliphatic rings. The molecule has 3 heteroatoms. The molecule has 0 N–H and O–H groups in total. The molecule has 11 aromatic rings. The van der Waals surface area contributed by atoms with E-state index < -0.39 is 5.41 Å². The van der Waals surface area contributed by atoms with Crippen molar-refractivity contribution in [2.75, 3.05) is 0 Å². The fourth-order valence-corrected chi connectivity index (χ4v) is 17.5. The summed E-state index contributed by atoms with van der Waals surface area (Å²) < 4.78 is 0. The highest BCUT2D eigenvalue weighted by atomic mass is 15.0. The molecule has 570 valence electrons. The molecule has 3 nitrogen and oxygen atoms in total. The second-order valence-corrected chi connectivity index (χ2v) is 32.6. The van der Waals surface area contributed by atoms with Gasteiger partial charge in [0.2, 0.25) is 0 Å². The van der Waals surface area contributed by atoms with E-state index >= 15 is 0 Å². The van der Waals surface area contributed by atoms with Gasteiger partial charge in [0.1, 0.15) is 0 Å². The van der Waals surface area contributed by atoms with Crippen LogP contribution in [0.3, 0.4) is 0 Å². The summed E-state index contributed by atoms with van der Waals surface area (Å²) in [5, 5.41) is 0. The first-order valence-electron chi connectivity index (χ1n) is 42.5. The summed E-state index contributed by atoms with van der Waals surface area (Å²) in [7, 11) is 0. The second-order valence-electron chi connectivity index (χ2n) is 32.6. The van der Waals surface area contributed by atoms with E-state index in [9.17, 15) is 0 Å². The van der Waals surface area contributed by atoms with Gasteiger partial charge in [-0.25, -0.2) is 15.0 Å². The SMILES string of the molecule is CCCCCCc1cc(C)c(CCCCCC)cc1C.CCCCCCc1ccc(-c2nc(-c3ccc(C)cc3C)nc(-c3ccc(C)cc3C)n2)cc1.CCCCCCc1ccc(C2(c3ccc(CCCCCC)cc3)c3cc(-c4c(C)cc(C)cc4C)ccc3-c3ccc(-c4c(C)cc(C)cc4C)cc32)cc1. The Bertz CT molecular complexity index is 4450. The molecule has 1 heterocycles. The molecular formula is C106H131N3. The largest absolute Gasteiger partial charge is 0.208 e. The van der Waals surface area contributed by atoms with Crippen LogP contribution in [0.25, 0.3) is 67.5 Å². The zero-order valence-electron chi connectivity index (χ0n) is 70.3. The van der Waals surface area contributed by atoms with E-state index in [0.29, 0.717) is 0 Å². The molecule has 0 saturated carbocycles. The van der Waals surface area contributed by atoms with Crippen molar-refractivity contribution in [3.63, 3.8) is 0 Å². The number of benzene rings is 10. The van der Waals surface area contributed by atoms with Gasteiger partial charge < -0.3 is 0 Å². The van der Waals surface area contributed by atoms with Crippen molar-refractivity contribution in [2.45, 2.75) is 284 Å². The predicted octanol–water partition coefficient (Wildman–Crippen LogP) is 30.3. The van der Waals surface area contributed by atoms with Crippen LogP contribution >= 0.6 is 0 Å². The lowest BCUT2D eigenvalue weighted by Gasteiger charge is -2.35. The van der Waals surface area contributed by atoms with Gasteiger partial charge in [0.15, 0.2) is 17.5 Å². The van der Waals surface area contributed by atoms with Crippen molar-refractivity contribution in [2.24, 2.45) is 0 Å². The van der Waals surface area contributed by atoms with Gasteiger partial charge in [-0.15, -0.1) is 0 Å². The van der Waals surface area contributed by atoms with Crippen LogP contribution in [0.5, 0.6) is 0 Å². The highest BCUT2D eigenvalue weighted by molar-refractivity contribution is 5.91. The summed E-state index contributed by atoms with van der Waals surface area (Å²) in [5.41, 5.74) is 39.4. The average molecular weight is 1450 g/mol. The van der Waals surface area contributed by atoms with Crippen molar-refractivity contribution >= 4 is 0 Å². The summed E-state index contributed by atoms with van der Waals surface area (Å²) in [6.45, 7) is 38.0. The number of hydrogen-bond donors (Lipinski definition) is 0. The van der Waals surface area contributed by atoms with Gasteiger partial charge >= 0.3 is 0 Å². The minimum absolute atomic E-state index is 0.475. The van der Waals surface area contributed by atoms with E-state index in [4.69, 9.17) is 15.0 Å². The molecule has 12 rings (SSSR count). The van der Waals surface area contributed by atoms with Crippen molar-refractivity contribution in [1.82, 2.24) is 15.0 Å². The monoisotopic (exact) mass is 1450 g/mol. The molecule has 0 fully saturated rings. The highest BCUT2D eigenvalue weighted by Gasteiger charge is 2.47. The van der Waals surface area contributed by atoms with E-state index in [0.717, 1.165) is 53.4 Å². The molecule has 1 aliphatic carbocycles. The minimum atomic E-state index is -0.475. The number of unbranched alkanes of at least 4 members (excludes halogenated alkanes) is 15. The fourth-order valence-electron chi connectivity index (χ4n) is 17.5. The van der Waals surface area contributed by atoms with Gasteiger partial charge in [0, 0.05) is 16.7 Å². The number of nitrogens with zero attached hydrogens (tertiary/aromatic N) is 3. The standard InChI is InChI=1S/C55H62.C31H35N3.C20H34/c1-9-11-13-15-17-43-19-25-47(26-20-43)55(48-27-21-44(22-28-48)18-16-14-12-10-2)51-35-45(53-39(5)31-37(3)32-40(53)6)23-29-49(51)50-30-24-46(36-52(50)55)54-41(7)33-38(4)34-42(54)8;1-6-7-8-9-10-25-13-15-26(16-14-25)29-32-30(27-17-11-21(2)19-23(27)4)34-31(33-29)28-18-12-22(3)20-24(28)5;1-5-7-9-11-13-19-15-18(4)20(16-17(19)3)14-12-10-8-6-2/h19-36H,9-18H2,1-8H3;11-20H,6-10H2,1-5H3;15-16H,5-14H2,1-4H3. The molecule has 0 spiro atoms. The third-order valence-corrected chi connectivity index (χ3v) is 23.3. The van der Waals surface area contributed by atoms with Crippen LogP contribution in [0.15, 0.2) is 182 Å². The summed E-state index contributed by atoms with van der Waals surface area (Å²) in [6.07, 6.45) is 32.2. The van der Waals surface area contributed by atoms with Gasteiger partial charge in [0.25, 0.3) is 0 Å². The summed E-state index contributed by atoms with van der Waals surface area (Å²) in [6, 6.07) is 70.2. The Hall–Kier alpha value is -8.79. The molecule has 1 aromatic heterocycles. The van der Waals surface area contributed by atoms with Crippen LogP contribution in [0.2, 0.25) is 0 Å². The molecule has 0 radical (unpaired) electrons. The lowest BCUT2D eigenvalue weighted by Crippen LogP contribution is -2.29. The first-order valence-corrected chi connectivity index (χ1v) is 42.5. The van der Waals surface area contributed by atoms with Crippen LogP contribution in [-0.2, 0) is 37.5 Å². The summed E-state index contributed by atoms with van der Waals surface area (Å²) in [5.74, 6) is 2.17. The molecule has 109 heavy (non-hydrogen) atoms. The molecule has 0 saturated heterocycles. The fraction of sp³-hybridized carbons (Fsp3) is 0.406. The van der Waals surface area contributed by atoms with Crippen LogP contribution in [0.4, 0.5) is 0 Å². The summed E-state index contributed by atoms with van der Waals surface area (Å²) >= 11 is 0. The lowest BCUT2D eigenvalue weighted by atomic mass is 9.66. The smallest absolute Gasteiger partial charge is 0.164 e. The Morgan fingerprint density at radius 1 is 0.229 bits per heavy atom. The zero-order valence-corrected chi connectivity index (χ0v) is 70.3. The molecule has 0 bridgehead atoms. The average Bonchev–Trinajstić information content (AvgIpc) is 1.54. The van der Waals surface area contributed by atoms with Gasteiger partial charge in [-0.05, 0) is 287 Å². The van der Waals surface area contributed by atoms with Crippen molar-refractivity contribution < 1.29 is 0 Å². The maximum absolute atomic E-state index is 4.93. The van der Waals surface area contributed by atoms with Crippen molar-refractivity contribution in [3.05, 3.63) is 299 Å². The van der Waals surface area contributed by atoms with Gasteiger partial charge in [-0.1, -0.05) is 323 Å². The predicted molar refractivity (Wildman–Crippen MR) is 473 cm³/mol. The number of hydrogen-bond acceptors (Lipinski definition) is 3. The zero-order chi connectivity index (χ0) is 77.6. The maximum Gasteiger partial charge on any atom is 0.164 e.